The van der Waals surface area contributed by atoms with E-state index in [1.54, 1.807) is 54.9 Å². The van der Waals surface area contributed by atoms with Crippen LogP contribution in [0.3, 0.4) is 0 Å². The molecule has 0 aliphatic carbocycles. The van der Waals surface area contributed by atoms with Crippen LogP contribution in [0.15, 0.2) is 84.3 Å². The lowest BCUT2D eigenvalue weighted by molar-refractivity contribution is -0.128. The first-order valence-corrected chi connectivity index (χ1v) is 8.78. The molecule has 1 aliphatic heterocycles. The Morgan fingerprint density at radius 2 is 1.61 bits per heavy atom. The smallest absolute Gasteiger partial charge is 0.262 e. The summed E-state index contributed by atoms with van der Waals surface area (Å²) in [6, 6.07) is 19.8. The van der Waals surface area contributed by atoms with Gasteiger partial charge in [-0.25, -0.2) is 0 Å². The predicted molar refractivity (Wildman–Crippen MR) is 104 cm³/mol. The SMILES string of the molecule is NC(=O)C1ON=C(c2cccnc2)[C@H]1c1ccc(C(=O)c2ccccc2)cc1. The van der Waals surface area contributed by atoms with E-state index in [0.717, 1.165) is 11.1 Å². The van der Waals surface area contributed by atoms with Crippen LogP contribution in [0, 0.1) is 0 Å². The number of aromatic nitrogens is 1. The van der Waals surface area contributed by atoms with Crippen molar-refractivity contribution in [3.8, 4) is 0 Å². The summed E-state index contributed by atoms with van der Waals surface area (Å²) in [5, 5.41) is 4.08. The van der Waals surface area contributed by atoms with Crippen LogP contribution >= 0.6 is 0 Å². The normalized spacial score (nSPS) is 18.2. The van der Waals surface area contributed by atoms with Crippen LogP contribution in [0.5, 0.6) is 0 Å². The highest BCUT2D eigenvalue weighted by Gasteiger charge is 2.40. The molecule has 0 fully saturated rings. The van der Waals surface area contributed by atoms with E-state index < -0.39 is 17.9 Å². The fourth-order valence-electron chi connectivity index (χ4n) is 3.27. The monoisotopic (exact) mass is 371 g/mol. The number of rotatable bonds is 5. The number of hydrogen-bond acceptors (Lipinski definition) is 5. The van der Waals surface area contributed by atoms with Gasteiger partial charge in [-0.05, 0) is 17.7 Å². The minimum absolute atomic E-state index is 0.0672. The molecule has 0 radical (unpaired) electrons. The van der Waals surface area contributed by atoms with Gasteiger partial charge in [0.2, 0.25) is 6.10 Å². The van der Waals surface area contributed by atoms with Gasteiger partial charge in [-0.3, -0.25) is 14.6 Å². The maximum Gasteiger partial charge on any atom is 0.262 e. The number of oxime groups is 1. The predicted octanol–water partition coefficient (Wildman–Crippen LogP) is 2.68. The number of amides is 1. The Balaban J connectivity index is 1.67. The van der Waals surface area contributed by atoms with Crippen molar-refractivity contribution in [3.63, 3.8) is 0 Å². The maximum atomic E-state index is 12.6. The summed E-state index contributed by atoms with van der Waals surface area (Å²) in [6.45, 7) is 0. The minimum Gasteiger partial charge on any atom is -0.381 e. The zero-order chi connectivity index (χ0) is 19.5. The fraction of sp³-hybridized carbons (Fsp3) is 0.0909. The van der Waals surface area contributed by atoms with Crippen molar-refractivity contribution < 1.29 is 14.4 Å². The van der Waals surface area contributed by atoms with E-state index in [1.165, 1.54) is 0 Å². The highest BCUT2D eigenvalue weighted by Crippen LogP contribution is 2.32. The van der Waals surface area contributed by atoms with Gasteiger partial charge in [-0.1, -0.05) is 59.8 Å². The molecule has 6 nitrogen and oxygen atoms in total. The van der Waals surface area contributed by atoms with Gasteiger partial charge in [-0.15, -0.1) is 0 Å². The van der Waals surface area contributed by atoms with E-state index in [0.29, 0.717) is 16.8 Å². The maximum absolute atomic E-state index is 12.6. The Bertz CT molecular complexity index is 1030. The van der Waals surface area contributed by atoms with Gasteiger partial charge in [0, 0.05) is 29.1 Å². The molecule has 2 N–H and O–H groups in total. The van der Waals surface area contributed by atoms with E-state index >= 15 is 0 Å². The molecule has 28 heavy (non-hydrogen) atoms. The Kier molecular flexibility index (Phi) is 4.68. The second kappa shape index (κ2) is 7.44. The molecule has 4 rings (SSSR count). The molecule has 2 atom stereocenters. The lowest BCUT2D eigenvalue weighted by Crippen LogP contribution is -2.35. The number of primary amides is 1. The molecular weight excluding hydrogens is 354 g/mol. The molecule has 0 spiro atoms. The average Bonchev–Trinajstić information content (AvgIpc) is 3.20. The first-order valence-electron chi connectivity index (χ1n) is 8.78. The lowest BCUT2D eigenvalue weighted by Gasteiger charge is -2.17. The third-order valence-corrected chi connectivity index (χ3v) is 4.67. The third-order valence-electron chi connectivity index (χ3n) is 4.67. The van der Waals surface area contributed by atoms with E-state index in [4.69, 9.17) is 10.6 Å². The number of nitrogens with two attached hydrogens (primary N) is 1. The highest BCUT2D eigenvalue weighted by molar-refractivity contribution is 6.10. The van der Waals surface area contributed by atoms with Crippen LogP contribution in [-0.2, 0) is 9.63 Å². The number of pyridine rings is 1. The summed E-state index contributed by atoms with van der Waals surface area (Å²) in [7, 11) is 0. The van der Waals surface area contributed by atoms with Gasteiger partial charge in [-0.2, -0.15) is 0 Å². The molecule has 138 valence electrons. The van der Waals surface area contributed by atoms with Crippen LogP contribution in [0.1, 0.15) is 33.0 Å². The number of ketones is 1. The molecule has 1 unspecified atom stereocenters. The zero-order valence-electron chi connectivity index (χ0n) is 14.9. The van der Waals surface area contributed by atoms with Crippen LogP contribution in [0.25, 0.3) is 0 Å². The second-order valence-electron chi connectivity index (χ2n) is 6.44. The summed E-state index contributed by atoms with van der Waals surface area (Å²) >= 11 is 0. The van der Waals surface area contributed by atoms with Crippen LogP contribution in [-0.4, -0.2) is 28.5 Å². The molecule has 2 heterocycles. The molecule has 0 saturated heterocycles. The molecule has 6 heteroatoms. The zero-order valence-corrected chi connectivity index (χ0v) is 14.9. The molecule has 2 aromatic carbocycles. The van der Waals surface area contributed by atoms with Crippen LogP contribution < -0.4 is 5.73 Å². The quantitative estimate of drug-likeness (QED) is 0.698. The standard InChI is InChI=1S/C22H17N3O3/c23-22(27)21-18(19(25-28-21)17-7-4-12-24-13-17)14-8-10-16(11-9-14)20(26)15-5-2-1-3-6-15/h1-13,18,21H,(H2,23,27)/t18-,21?/m1/s1. The van der Waals surface area contributed by atoms with Gasteiger partial charge >= 0.3 is 0 Å². The van der Waals surface area contributed by atoms with E-state index in [2.05, 4.69) is 10.1 Å². The molecule has 0 bridgehead atoms. The number of carbonyl (C=O) groups excluding carboxylic acids is 2. The summed E-state index contributed by atoms with van der Waals surface area (Å²) in [6.07, 6.45) is 2.40. The summed E-state index contributed by atoms with van der Waals surface area (Å²) < 4.78 is 0. The van der Waals surface area contributed by atoms with Crippen LogP contribution in [0.4, 0.5) is 0 Å². The Morgan fingerprint density at radius 1 is 0.893 bits per heavy atom. The summed E-state index contributed by atoms with van der Waals surface area (Å²) in [5.41, 5.74) is 8.81. The number of hydrogen-bond donors (Lipinski definition) is 1. The van der Waals surface area contributed by atoms with Gasteiger partial charge in [0.15, 0.2) is 5.78 Å². The van der Waals surface area contributed by atoms with Crippen LogP contribution in [0.2, 0.25) is 0 Å². The average molecular weight is 371 g/mol. The van der Waals surface area contributed by atoms with Crippen molar-refractivity contribution >= 4 is 17.4 Å². The van der Waals surface area contributed by atoms with Gasteiger partial charge in [0.1, 0.15) is 5.71 Å². The van der Waals surface area contributed by atoms with Gasteiger partial charge in [0.25, 0.3) is 5.91 Å². The Labute approximate surface area is 161 Å². The molecule has 1 aromatic heterocycles. The number of benzene rings is 2. The summed E-state index contributed by atoms with van der Waals surface area (Å²) in [5.74, 6) is -1.14. The topological polar surface area (TPSA) is 94.6 Å². The van der Waals surface area contributed by atoms with Crippen molar-refractivity contribution in [1.82, 2.24) is 4.98 Å². The van der Waals surface area contributed by atoms with Crippen molar-refractivity contribution in [3.05, 3.63) is 101 Å². The lowest BCUT2D eigenvalue weighted by atomic mass is 9.85. The van der Waals surface area contributed by atoms with Crippen molar-refractivity contribution in [2.75, 3.05) is 0 Å². The largest absolute Gasteiger partial charge is 0.381 e. The van der Waals surface area contributed by atoms with E-state index in [9.17, 15) is 9.59 Å². The third kappa shape index (κ3) is 3.27. The molecule has 0 saturated carbocycles. The van der Waals surface area contributed by atoms with Crippen molar-refractivity contribution in [2.45, 2.75) is 12.0 Å². The molecular formula is C22H17N3O3. The molecule has 3 aromatic rings. The van der Waals surface area contributed by atoms with Crippen molar-refractivity contribution in [1.29, 1.82) is 0 Å². The van der Waals surface area contributed by atoms with Crippen molar-refractivity contribution in [2.24, 2.45) is 10.9 Å². The second-order valence-corrected chi connectivity index (χ2v) is 6.44. The van der Waals surface area contributed by atoms with E-state index in [1.807, 2.05) is 24.3 Å². The van der Waals surface area contributed by atoms with Gasteiger partial charge in [0.05, 0.1) is 5.92 Å². The molecule has 1 amide bonds. The Hall–Kier alpha value is -3.80. The number of nitrogens with zero attached hydrogens (tertiary/aromatic N) is 2. The summed E-state index contributed by atoms with van der Waals surface area (Å²) in [4.78, 5) is 33.9. The van der Waals surface area contributed by atoms with Gasteiger partial charge < -0.3 is 10.6 Å². The Morgan fingerprint density at radius 3 is 2.25 bits per heavy atom. The number of carbonyl (C=O) groups is 2. The highest BCUT2D eigenvalue weighted by atomic mass is 16.6. The van der Waals surface area contributed by atoms with E-state index in [-0.39, 0.29) is 5.78 Å². The molecule has 1 aliphatic rings. The fourth-order valence-corrected chi connectivity index (χ4v) is 3.27. The minimum atomic E-state index is -0.911. The first-order chi connectivity index (χ1) is 13.6. The first kappa shape index (κ1) is 17.6.